The average Bonchev–Trinajstić information content (AvgIpc) is 3.20. The van der Waals surface area contributed by atoms with Crippen molar-refractivity contribution in [3.63, 3.8) is 0 Å². The summed E-state index contributed by atoms with van der Waals surface area (Å²) in [7, 11) is 0. The van der Waals surface area contributed by atoms with Gasteiger partial charge in [-0.1, -0.05) is 0 Å². The lowest BCUT2D eigenvalue weighted by atomic mass is 10.2. The van der Waals surface area contributed by atoms with Crippen molar-refractivity contribution >= 4 is 17.8 Å². The first kappa shape index (κ1) is 18.8. The number of ether oxygens (including phenoxy) is 1. The molecule has 142 valence electrons. The molecule has 9 heteroatoms. The van der Waals surface area contributed by atoms with E-state index >= 15 is 0 Å². The molecule has 0 saturated heterocycles. The molecule has 9 nitrogen and oxygen atoms in total. The monoisotopic (exact) mass is 379 g/mol. The molecule has 0 aliphatic carbocycles. The Morgan fingerprint density at radius 1 is 1.25 bits per heavy atom. The Bertz CT molecular complexity index is 994. The van der Waals surface area contributed by atoms with E-state index < -0.39 is 10.8 Å². The van der Waals surface area contributed by atoms with Crippen molar-refractivity contribution in [1.29, 1.82) is 0 Å². The maximum Gasteiger partial charge on any atom is 0.274 e. The Labute approximate surface area is 160 Å². The minimum absolute atomic E-state index is 0.0162. The predicted molar refractivity (Wildman–Crippen MR) is 103 cm³/mol. The highest BCUT2D eigenvalue weighted by Crippen LogP contribution is 2.15. The van der Waals surface area contributed by atoms with Crippen LogP contribution in [0.1, 0.15) is 22.8 Å². The summed E-state index contributed by atoms with van der Waals surface area (Å²) in [5.41, 5.74) is 4.13. The highest BCUT2D eigenvalue weighted by atomic mass is 16.6. The highest BCUT2D eigenvalue weighted by molar-refractivity contribution is 5.94. The van der Waals surface area contributed by atoms with Gasteiger partial charge in [-0.3, -0.25) is 14.9 Å². The number of hydrazone groups is 1. The minimum Gasteiger partial charge on any atom is -0.494 e. The molecule has 1 heterocycles. The maximum absolute atomic E-state index is 12.2. The van der Waals surface area contributed by atoms with Crippen LogP contribution in [0, 0.1) is 10.1 Å². The van der Waals surface area contributed by atoms with Crippen molar-refractivity contribution in [3.8, 4) is 11.4 Å². The Balaban J connectivity index is 1.61. The maximum atomic E-state index is 12.2. The van der Waals surface area contributed by atoms with Gasteiger partial charge in [0.1, 0.15) is 5.75 Å². The number of nitro groups is 1. The number of hydrogen-bond acceptors (Lipinski definition) is 6. The molecule has 3 aromatic rings. The summed E-state index contributed by atoms with van der Waals surface area (Å²) >= 11 is 0. The molecule has 0 radical (unpaired) electrons. The number of hydrogen-bond donors (Lipinski definition) is 1. The van der Waals surface area contributed by atoms with E-state index in [4.69, 9.17) is 4.74 Å². The van der Waals surface area contributed by atoms with Crippen molar-refractivity contribution in [2.24, 2.45) is 5.10 Å². The molecule has 0 atom stereocenters. The number of aromatic nitrogens is 2. The third kappa shape index (κ3) is 4.58. The van der Waals surface area contributed by atoms with Crippen LogP contribution in [0.25, 0.3) is 5.69 Å². The molecule has 0 spiro atoms. The Morgan fingerprint density at radius 2 is 1.96 bits per heavy atom. The van der Waals surface area contributed by atoms with Gasteiger partial charge in [-0.15, -0.1) is 0 Å². The fourth-order valence-electron chi connectivity index (χ4n) is 2.36. The van der Waals surface area contributed by atoms with Crippen LogP contribution in [-0.4, -0.2) is 33.4 Å². The second-order valence-electron chi connectivity index (χ2n) is 5.65. The van der Waals surface area contributed by atoms with Crippen LogP contribution in [-0.2, 0) is 0 Å². The quantitative estimate of drug-likeness (QED) is 0.385. The molecule has 3 rings (SSSR count). The van der Waals surface area contributed by atoms with E-state index in [1.54, 1.807) is 12.1 Å². The van der Waals surface area contributed by atoms with Gasteiger partial charge in [0.25, 0.3) is 11.6 Å². The molecule has 1 aromatic heterocycles. The van der Waals surface area contributed by atoms with E-state index in [1.165, 1.54) is 35.4 Å². The fraction of sp³-hybridized carbons (Fsp3) is 0.105. The van der Waals surface area contributed by atoms with Gasteiger partial charge in [0, 0.05) is 18.3 Å². The number of benzene rings is 2. The molecule has 0 bridgehead atoms. The first-order valence-electron chi connectivity index (χ1n) is 8.42. The standard InChI is InChI=1S/C19H17N5O4/c1-2-28-18-9-3-14(4-10-18)11-20-22-19(25)15-12-21-23(13-15)16-5-7-17(8-6-16)24(26)27/h3-13H,2H2,1H3,(H,22,25)/b20-11-. The van der Waals surface area contributed by atoms with E-state index in [1.807, 2.05) is 31.2 Å². The molecule has 28 heavy (non-hydrogen) atoms. The first-order chi connectivity index (χ1) is 13.6. The number of non-ortho nitro benzene ring substituents is 1. The van der Waals surface area contributed by atoms with Gasteiger partial charge in [-0.2, -0.15) is 10.2 Å². The smallest absolute Gasteiger partial charge is 0.274 e. The summed E-state index contributed by atoms with van der Waals surface area (Å²) in [6, 6.07) is 13.1. The van der Waals surface area contributed by atoms with Crippen LogP contribution >= 0.6 is 0 Å². The van der Waals surface area contributed by atoms with Crippen molar-refractivity contribution in [3.05, 3.63) is 82.2 Å². The highest BCUT2D eigenvalue weighted by Gasteiger charge is 2.10. The van der Waals surface area contributed by atoms with Gasteiger partial charge in [-0.25, -0.2) is 10.1 Å². The van der Waals surface area contributed by atoms with E-state index in [9.17, 15) is 14.9 Å². The molecule has 0 aliphatic heterocycles. The van der Waals surface area contributed by atoms with E-state index in [2.05, 4.69) is 15.6 Å². The van der Waals surface area contributed by atoms with E-state index in [0.29, 0.717) is 17.9 Å². The Kier molecular flexibility index (Phi) is 5.75. The molecule has 0 fully saturated rings. The summed E-state index contributed by atoms with van der Waals surface area (Å²) in [6.07, 6.45) is 4.43. The largest absolute Gasteiger partial charge is 0.494 e. The van der Waals surface area contributed by atoms with Crippen LogP contribution in [0.3, 0.4) is 0 Å². The topological polar surface area (TPSA) is 112 Å². The normalized spacial score (nSPS) is 10.8. The van der Waals surface area contributed by atoms with Gasteiger partial charge in [0.05, 0.1) is 35.2 Å². The fourth-order valence-corrected chi connectivity index (χ4v) is 2.36. The molecule has 2 aromatic carbocycles. The zero-order valence-corrected chi connectivity index (χ0v) is 15.0. The molecule has 0 unspecified atom stereocenters. The van der Waals surface area contributed by atoms with Gasteiger partial charge >= 0.3 is 0 Å². The Hall–Kier alpha value is -4.01. The number of amides is 1. The zero-order valence-electron chi connectivity index (χ0n) is 15.0. The molecule has 1 N–H and O–H groups in total. The zero-order chi connectivity index (χ0) is 19.9. The second-order valence-corrected chi connectivity index (χ2v) is 5.65. The number of nitrogens with zero attached hydrogens (tertiary/aromatic N) is 4. The van der Waals surface area contributed by atoms with Crippen molar-refractivity contribution in [1.82, 2.24) is 15.2 Å². The van der Waals surface area contributed by atoms with Crippen molar-refractivity contribution < 1.29 is 14.5 Å². The van der Waals surface area contributed by atoms with Gasteiger partial charge in [0.15, 0.2) is 0 Å². The lowest BCUT2D eigenvalue weighted by molar-refractivity contribution is -0.384. The lowest BCUT2D eigenvalue weighted by Gasteiger charge is -2.02. The molecule has 0 saturated carbocycles. The van der Waals surface area contributed by atoms with Crippen molar-refractivity contribution in [2.75, 3.05) is 6.61 Å². The van der Waals surface area contributed by atoms with Gasteiger partial charge < -0.3 is 4.74 Å². The number of carbonyl (C=O) groups excluding carboxylic acids is 1. The number of carbonyl (C=O) groups is 1. The van der Waals surface area contributed by atoms with E-state index in [0.717, 1.165) is 11.3 Å². The SMILES string of the molecule is CCOc1ccc(/C=N\NC(=O)c2cnn(-c3ccc([N+](=O)[O-])cc3)c2)cc1. The lowest BCUT2D eigenvalue weighted by Crippen LogP contribution is -2.16. The van der Waals surface area contributed by atoms with Crippen LogP contribution in [0.4, 0.5) is 5.69 Å². The third-order valence-corrected chi connectivity index (χ3v) is 3.74. The Morgan fingerprint density at radius 3 is 2.61 bits per heavy atom. The van der Waals surface area contributed by atoms with Crippen LogP contribution < -0.4 is 10.2 Å². The third-order valence-electron chi connectivity index (χ3n) is 3.74. The second kappa shape index (κ2) is 8.58. The van der Waals surface area contributed by atoms with Gasteiger partial charge in [0.2, 0.25) is 0 Å². The molecule has 0 aliphatic rings. The predicted octanol–water partition coefficient (Wildman–Crippen LogP) is 2.94. The van der Waals surface area contributed by atoms with E-state index in [-0.39, 0.29) is 5.69 Å². The molecule has 1 amide bonds. The van der Waals surface area contributed by atoms with Crippen LogP contribution in [0.15, 0.2) is 66.0 Å². The van der Waals surface area contributed by atoms with Crippen LogP contribution in [0.5, 0.6) is 5.75 Å². The number of nitrogens with one attached hydrogen (secondary N) is 1. The minimum atomic E-state index is -0.478. The summed E-state index contributed by atoms with van der Waals surface area (Å²) in [6.45, 7) is 2.51. The summed E-state index contributed by atoms with van der Waals surface area (Å²) < 4.78 is 6.81. The van der Waals surface area contributed by atoms with Crippen molar-refractivity contribution in [2.45, 2.75) is 6.92 Å². The number of rotatable bonds is 7. The summed E-state index contributed by atoms with van der Waals surface area (Å²) in [5.74, 6) is 0.345. The molecular weight excluding hydrogens is 362 g/mol. The number of nitro benzene ring substituents is 1. The first-order valence-corrected chi connectivity index (χ1v) is 8.42. The summed E-state index contributed by atoms with van der Waals surface area (Å²) in [4.78, 5) is 22.4. The summed E-state index contributed by atoms with van der Waals surface area (Å²) in [5, 5.41) is 18.7. The average molecular weight is 379 g/mol. The van der Waals surface area contributed by atoms with Gasteiger partial charge in [-0.05, 0) is 48.9 Å². The molecular formula is C19H17N5O4. The van der Waals surface area contributed by atoms with Crippen LogP contribution in [0.2, 0.25) is 0 Å².